The van der Waals surface area contributed by atoms with Crippen molar-refractivity contribution in [1.29, 1.82) is 0 Å². The first kappa shape index (κ1) is 17.5. The lowest BCUT2D eigenvalue weighted by molar-refractivity contribution is -0.145. The van der Waals surface area contributed by atoms with Crippen LogP contribution in [-0.2, 0) is 14.3 Å². The van der Waals surface area contributed by atoms with E-state index in [-0.39, 0.29) is 43.0 Å². The molecule has 0 saturated carbocycles. The monoisotopic (exact) mass is 313 g/mol. The molecule has 0 radical (unpaired) electrons. The maximum Gasteiger partial charge on any atom is 0.338 e. The Labute approximate surface area is 130 Å². The van der Waals surface area contributed by atoms with Crippen LogP contribution in [0.5, 0.6) is 0 Å². The third kappa shape index (κ3) is 5.02. The zero-order valence-electron chi connectivity index (χ0n) is 11.9. The first-order valence-electron chi connectivity index (χ1n) is 6.85. The summed E-state index contributed by atoms with van der Waals surface area (Å²) < 4.78 is 10.2. The third-order valence-corrected chi connectivity index (χ3v) is 3.24. The molecule has 5 nitrogen and oxygen atoms in total. The lowest BCUT2D eigenvalue weighted by Gasteiger charge is -2.13. The summed E-state index contributed by atoms with van der Waals surface area (Å²) in [6, 6.07) is 8.59. The maximum atomic E-state index is 11.8. The fourth-order valence-corrected chi connectivity index (χ4v) is 2.21. The van der Waals surface area contributed by atoms with Crippen LogP contribution in [0.4, 0.5) is 0 Å². The minimum atomic E-state index is -0.341. The van der Waals surface area contributed by atoms with Crippen molar-refractivity contribution in [3.05, 3.63) is 35.9 Å². The molecule has 2 atom stereocenters. The lowest BCUT2D eigenvalue weighted by Crippen LogP contribution is -2.39. The second kappa shape index (κ2) is 8.64. The number of rotatable bonds is 5. The van der Waals surface area contributed by atoms with E-state index in [9.17, 15) is 9.59 Å². The number of benzene rings is 1. The Hall–Kier alpha value is -1.59. The standard InChI is InChI=1S/C15H19NO4.ClH/c1-2-19-15(18)13-9-8-12(16-13)10-20-14(17)11-6-4-3-5-7-11;/h3-7,12-13,16H,2,8-10H2,1H3;1H/t12-,13?;/m1./s1. The zero-order chi connectivity index (χ0) is 14.4. The predicted octanol–water partition coefficient (Wildman–Crippen LogP) is 1.95. The van der Waals surface area contributed by atoms with Crippen molar-refractivity contribution in [2.45, 2.75) is 31.8 Å². The largest absolute Gasteiger partial charge is 0.465 e. The van der Waals surface area contributed by atoms with Crippen molar-refractivity contribution in [3.63, 3.8) is 0 Å². The van der Waals surface area contributed by atoms with Gasteiger partial charge in [-0.2, -0.15) is 0 Å². The summed E-state index contributed by atoms with van der Waals surface area (Å²) in [6.45, 7) is 2.43. The summed E-state index contributed by atoms with van der Waals surface area (Å²) in [7, 11) is 0. The molecule has 1 aliphatic rings. The quantitative estimate of drug-likeness (QED) is 0.842. The molecule has 116 valence electrons. The second-order valence-electron chi connectivity index (χ2n) is 4.71. The van der Waals surface area contributed by atoms with Gasteiger partial charge in [-0.3, -0.25) is 10.1 Å². The molecule has 1 fully saturated rings. The van der Waals surface area contributed by atoms with Crippen molar-refractivity contribution < 1.29 is 19.1 Å². The van der Waals surface area contributed by atoms with E-state index in [4.69, 9.17) is 9.47 Å². The number of hydrogen-bond acceptors (Lipinski definition) is 5. The fraction of sp³-hybridized carbons (Fsp3) is 0.467. The molecule has 1 unspecified atom stereocenters. The summed E-state index contributed by atoms with van der Waals surface area (Å²) in [5.41, 5.74) is 0.535. The number of carbonyl (C=O) groups excluding carboxylic acids is 2. The Balaban J connectivity index is 0.00000220. The van der Waals surface area contributed by atoms with Crippen LogP contribution in [0.15, 0.2) is 30.3 Å². The summed E-state index contributed by atoms with van der Waals surface area (Å²) in [5.74, 6) is -0.573. The van der Waals surface area contributed by atoms with Gasteiger partial charge in [0.1, 0.15) is 12.6 Å². The predicted molar refractivity (Wildman–Crippen MR) is 80.6 cm³/mol. The normalized spacial score (nSPS) is 20.4. The van der Waals surface area contributed by atoms with Crippen LogP contribution < -0.4 is 5.32 Å². The minimum absolute atomic E-state index is 0. The Morgan fingerprint density at radius 2 is 1.90 bits per heavy atom. The Kier molecular flexibility index (Phi) is 7.19. The highest BCUT2D eigenvalue weighted by Crippen LogP contribution is 2.14. The first-order chi connectivity index (χ1) is 9.70. The summed E-state index contributed by atoms with van der Waals surface area (Å²) in [6.07, 6.45) is 1.51. The van der Waals surface area contributed by atoms with Crippen LogP contribution in [-0.4, -0.2) is 37.2 Å². The van der Waals surface area contributed by atoms with Crippen LogP contribution in [0.3, 0.4) is 0 Å². The number of carbonyl (C=O) groups is 2. The van der Waals surface area contributed by atoms with E-state index in [1.807, 2.05) is 6.07 Å². The molecular formula is C15H20ClNO4. The van der Waals surface area contributed by atoms with Gasteiger partial charge in [-0.15, -0.1) is 12.4 Å². The SMILES string of the molecule is CCOC(=O)C1CC[C@H](COC(=O)c2ccccc2)N1.Cl. The molecule has 0 aromatic heterocycles. The molecule has 1 saturated heterocycles. The molecule has 0 bridgehead atoms. The smallest absolute Gasteiger partial charge is 0.338 e. The van der Waals surface area contributed by atoms with Gasteiger partial charge in [-0.25, -0.2) is 4.79 Å². The molecule has 2 rings (SSSR count). The molecule has 21 heavy (non-hydrogen) atoms. The minimum Gasteiger partial charge on any atom is -0.465 e. The highest BCUT2D eigenvalue weighted by atomic mass is 35.5. The van der Waals surface area contributed by atoms with Gasteiger partial charge in [0.25, 0.3) is 0 Å². The van der Waals surface area contributed by atoms with Gasteiger partial charge in [-0.1, -0.05) is 18.2 Å². The molecule has 1 N–H and O–H groups in total. The van der Waals surface area contributed by atoms with Gasteiger partial charge < -0.3 is 9.47 Å². The highest BCUT2D eigenvalue weighted by Gasteiger charge is 2.30. The molecule has 6 heteroatoms. The molecule has 0 aliphatic carbocycles. The number of nitrogens with one attached hydrogen (secondary N) is 1. The van der Waals surface area contributed by atoms with Crippen molar-refractivity contribution >= 4 is 24.3 Å². The Bertz CT molecular complexity index is 466. The van der Waals surface area contributed by atoms with Crippen molar-refractivity contribution in [2.24, 2.45) is 0 Å². The van der Waals surface area contributed by atoms with Gasteiger partial charge in [0, 0.05) is 6.04 Å². The molecular weight excluding hydrogens is 294 g/mol. The van der Waals surface area contributed by atoms with E-state index in [1.54, 1.807) is 31.2 Å². The van der Waals surface area contributed by atoms with E-state index >= 15 is 0 Å². The molecule has 1 heterocycles. The fourth-order valence-electron chi connectivity index (χ4n) is 2.21. The van der Waals surface area contributed by atoms with Crippen molar-refractivity contribution in [3.8, 4) is 0 Å². The molecule has 1 aromatic carbocycles. The van der Waals surface area contributed by atoms with Crippen LogP contribution >= 0.6 is 12.4 Å². The van der Waals surface area contributed by atoms with Crippen molar-refractivity contribution in [2.75, 3.05) is 13.2 Å². The van der Waals surface area contributed by atoms with E-state index in [0.717, 1.165) is 6.42 Å². The topological polar surface area (TPSA) is 64.6 Å². The average Bonchev–Trinajstić information content (AvgIpc) is 2.95. The van der Waals surface area contributed by atoms with E-state index in [1.165, 1.54) is 0 Å². The number of halogens is 1. The number of esters is 2. The van der Waals surface area contributed by atoms with Crippen LogP contribution in [0, 0.1) is 0 Å². The Morgan fingerprint density at radius 3 is 2.57 bits per heavy atom. The zero-order valence-corrected chi connectivity index (χ0v) is 12.7. The first-order valence-corrected chi connectivity index (χ1v) is 6.85. The van der Waals surface area contributed by atoms with Crippen LogP contribution in [0.2, 0.25) is 0 Å². The van der Waals surface area contributed by atoms with Crippen LogP contribution in [0.1, 0.15) is 30.1 Å². The summed E-state index contributed by atoms with van der Waals surface area (Å²) in [5, 5.41) is 3.13. The van der Waals surface area contributed by atoms with Gasteiger partial charge in [-0.05, 0) is 31.9 Å². The van der Waals surface area contributed by atoms with E-state index in [0.29, 0.717) is 18.6 Å². The van der Waals surface area contributed by atoms with Gasteiger partial charge in [0.2, 0.25) is 0 Å². The highest BCUT2D eigenvalue weighted by molar-refractivity contribution is 5.89. The average molecular weight is 314 g/mol. The molecule has 1 aromatic rings. The van der Waals surface area contributed by atoms with E-state index < -0.39 is 0 Å². The number of hydrogen-bond donors (Lipinski definition) is 1. The molecule has 0 amide bonds. The second-order valence-corrected chi connectivity index (χ2v) is 4.71. The third-order valence-electron chi connectivity index (χ3n) is 3.24. The van der Waals surface area contributed by atoms with Crippen LogP contribution in [0.25, 0.3) is 0 Å². The van der Waals surface area contributed by atoms with Gasteiger partial charge in [0.15, 0.2) is 0 Å². The number of ether oxygens (including phenoxy) is 2. The summed E-state index contributed by atoms with van der Waals surface area (Å²) in [4.78, 5) is 23.3. The van der Waals surface area contributed by atoms with Gasteiger partial charge >= 0.3 is 11.9 Å². The van der Waals surface area contributed by atoms with Gasteiger partial charge in [0.05, 0.1) is 12.2 Å². The molecule has 0 spiro atoms. The van der Waals surface area contributed by atoms with Crippen molar-refractivity contribution in [1.82, 2.24) is 5.32 Å². The van der Waals surface area contributed by atoms with E-state index in [2.05, 4.69) is 5.32 Å². The summed E-state index contributed by atoms with van der Waals surface area (Å²) >= 11 is 0. The lowest BCUT2D eigenvalue weighted by atomic mass is 10.2. The maximum absolute atomic E-state index is 11.8. The molecule has 1 aliphatic heterocycles. The Morgan fingerprint density at radius 1 is 1.19 bits per heavy atom.